The number of amides is 3. The molecular weight excluding hydrogens is 466 g/mol. The quantitative estimate of drug-likeness (QED) is 0.379. The molecule has 3 N–H and O–H groups in total. The van der Waals surface area contributed by atoms with Gasteiger partial charge in [0.15, 0.2) is 11.5 Å². The van der Waals surface area contributed by atoms with Gasteiger partial charge in [0.1, 0.15) is 5.75 Å². The lowest BCUT2D eigenvalue weighted by Gasteiger charge is -2.23. The molecule has 10 heteroatoms. The summed E-state index contributed by atoms with van der Waals surface area (Å²) < 4.78 is 21.3. The van der Waals surface area contributed by atoms with Crippen LogP contribution in [0.3, 0.4) is 0 Å². The second-order valence-electron chi connectivity index (χ2n) is 8.86. The minimum absolute atomic E-state index is 0.0136. The Kier molecular flexibility index (Phi) is 10.4. The molecule has 3 amide bonds. The van der Waals surface area contributed by atoms with E-state index < -0.39 is 17.2 Å². The number of methoxy groups -OCH3 is 3. The van der Waals surface area contributed by atoms with E-state index in [2.05, 4.69) is 16.2 Å². The first-order chi connectivity index (χ1) is 17.1. The van der Waals surface area contributed by atoms with Crippen LogP contribution in [0.4, 0.5) is 5.69 Å². The summed E-state index contributed by atoms with van der Waals surface area (Å²) >= 11 is 0. The lowest BCUT2D eigenvalue weighted by atomic mass is 9.85. The minimum Gasteiger partial charge on any atom is -0.494 e. The third-order valence-electron chi connectivity index (χ3n) is 5.13. The van der Waals surface area contributed by atoms with Crippen LogP contribution in [-0.4, -0.2) is 45.7 Å². The molecule has 2 aromatic carbocycles. The van der Waals surface area contributed by atoms with E-state index in [1.54, 1.807) is 38.1 Å². The van der Waals surface area contributed by atoms with Gasteiger partial charge in [-0.15, -0.1) is 0 Å². The highest BCUT2D eigenvalue weighted by molar-refractivity contribution is 5.97. The molecule has 0 heterocycles. The van der Waals surface area contributed by atoms with Gasteiger partial charge in [0.05, 0.1) is 27.9 Å². The number of hydrogen-bond acceptors (Lipinski definition) is 7. The van der Waals surface area contributed by atoms with E-state index in [0.29, 0.717) is 29.5 Å². The van der Waals surface area contributed by atoms with Crippen molar-refractivity contribution in [3.05, 3.63) is 42.0 Å². The molecule has 0 fully saturated rings. The number of carbonyl (C=O) groups excluding carboxylic acids is 3. The van der Waals surface area contributed by atoms with Crippen molar-refractivity contribution in [3.63, 3.8) is 0 Å². The van der Waals surface area contributed by atoms with E-state index >= 15 is 0 Å². The van der Waals surface area contributed by atoms with Crippen molar-refractivity contribution in [1.29, 1.82) is 0 Å². The predicted molar refractivity (Wildman–Crippen MR) is 136 cm³/mol. The highest BCUT2D eigenvalue weighted by Gasteiger charge is 2.26. The highest BCUT2D eigenvalue weighted by atomic mass is 16.5. The van der Waals surface area contributed by atoms with Crippen molar-refractivity contribution in [2.45, 2.75) is 40.0 Å². The van der Waals surface area contributed by atoms with E-state index in [-0.39, 0.29) is 24.3 Å². The summed E-state index contributed by atoms with van der Waals surface area (Å²) in [6.45, 7) is 6.26. The maximum Gasteiger partial charge on any atom is 0.269 e. The Hall–Kier alpha value is -3.95. The Labute approximate surface area is 211 Å². The second-order valence-corrected chi connectivity index (χ2v) is 8.86. The number of anilines is 1. The summed E-state index contributed by atoms with van der Waals surface area (Å²) in [5.74, 6) is 0.473. The second kappa shape index (κ2) is 13.2. The normalized spacial score (nSPS) is 10.7. The van der Waals surface area contributed by atoms with Gasteiger partial charge in [-0.2, -0.15) is 0 Å². The predicted octanol–water partition coefficient (Wildman–Crippen LogP) is 3.71. The summed E-state index contributed by atoms with van der Waals surface area (Å²) in [4.78, 5) is 37.5. The van der Waals surface area contributed by atoms with Gasteiger partial charge in [-0.3, -0.25) is 25.2 Å². The first-order valence-electron chi connectivity index (χ1n) is 11.5. The maximum atomic E-state index is 12.6. The summed E-state index contributed by atoms with van der Waals surface area (Å²) in [7, 11) is 4.34. The highest BCUT2D eigenvalue weighted by Crippen LogP contribution is 2.38. The number of ether oxygens (including phenoxy) is 4. The average molecular weight is 502 g/mol. The lowest BCUT2D eigenvalue weighted by molar-refractivity contribution is -0.124. The van der Waals surface area contributed by atoms with Crippen LogP contribution in [0, 0.1) is 5.41 Å². The number of nitrogens with one attached hydrogen (secondary N) is 3. The summed E-state index contributed by atoms with van der Waals surface area (Å²) in [6.07, 6.45) is 1.03. The van der Waals surface area contributed by atoms with E-state index in [4.69, 9.17) is 18.9 Å². The molecule has 0 spiro atoms. The molecule has 0 bridgehead atoms. The van der Waals surface area contributed by atoms with Crippen LogP contribution in [0.1, 0.15) is 50.4 Å². The van der Waals surface area contributed by atoms with Gasteiger partial charge in [0.25, 0.3) is 5.91 Å². The standard InChI is InChI=1S/C26H35N3O7/c1-7-12-36-19-10-8-18(9-11-19)27-22(30)15-26(2,3)16-23(31)28-29-25(32)17-13-20(33-4)24(35-6)21(14-17)34-5/h8-11,13-14H,7,12,15-16H2,1-6H3,(H,27,30)(H,28,31)(H,29,32). The number of hydrazine groups is 1. The molecular formula is C26H35N3O7. The number of hydrogen-bond donors (Lipinski definition) is 3. The SMILES string of the molecule is CCCOc1ccc(NC(=O)CC(C)(C)CC(=O)NNC(=O)c2cc(OC)c(OC)c(OC)c2)cc1. The van der Waals surface area contributed by atoms with Gasteiger partial charge in [0.2, 0.25) is 17.6 Å². The molecule has 0 atom stereocenters. The van der Waals surface area contributed by atoms with Gasteiger partial charge in [0, 0.05) is 24.1 Å². The molecule has 0 aromatic heterocycles. The fraction of sp³-hybridized carbons (Fsp3) is 0.423. The molecule has 0 aliphatic heterocycles. The van der Waals surface area contributed by atoms with Crippen LogP contribution < -0.4 is 35.1 Å². The largest absolute Gasteiger partial charge is 0.494 e. The van der Waals surface area contributed by atoms with Crippen molar-refractivity contribution in [2.75, 3.05) is 33.3 Å². The smallest absolute Gasteiger partial charge is 0.269 e. The molecule has 196 valence electrons. The van der Waals surface area contributed by atoms with Crippen LogP contribution in [0.5, 0.6) is 23.0 Å². The van der Waals surface area contributed by atoms with Crippen molar-refractivity contribution < 1.29 is 33.3 Å². The Morgan fingerprint density at radius 2 is 1.42 bits per heavy atom. The molecule has 0 aliphatic rings. The molecule has 10 nitrogen and oxygen atoms in total. The molecule has 2 aromatic rings. The van der Waals surface area contributed by atoms with Crippen LogP contribution in [0.2, 0.25) is 0 Å². The number of rotatable bonds is 12. The first-order valence-corrected chi connectivity index (χ1v) is 11.5. The molecule has 0 saturated heterocycles. The Balaban J connectivity index is 1.89. The number of benzene rings is 2. The van der Waals surface area contributed by atoms with E-state index in [1.165, 1.54) is 33.5 Å². The fourth-order valence-electron chi connectivity index (χ4n) is 3.45. The zero-order valence-electron chi connectivity index (χ0n) is 21.7. The van der Waals surface area contributed by atoms with Crippen LogP contribution >= 0.6 is 0 Å². The molecule has 0 saturated carbocycles. The van der Waals surface area contributed by atoms with Gasteiger partial charge in [-0.05, 0) is 48.2 Å². The third-order valence-corrected chi connectivity index (χ3v) is 5.13. The van der Waals surface area contributed by atoms with Crippen molar-refractivity contribution in [1.82, 2.24) is 10.9 Å². The lowest BCUT2D eigenvalue weighted by Crippen LogP contribution is -2.43. The third kappa shape index (κ3) is 8.37. The van der Waals surface area contributed by atoms with Gasteiger partial charge < -0.3 is 24.3 Å². The first kappa shape index (κ1) is 28.3. The average Bonchev–Trinajstić information content (AvgIpc) is 2.85. The maximum absolute atomic E-state index is 12.6. The van der Waals surface area contributed by atoms with Crippen LogP contribution in [0.25, 0.3) is 0 Å². The van der Waals surface area contributed by atoms with Gasteiger partial charge in [-0.25, -0.2) is 0 Å². The van der Waals surface area contributed by atoms with E-state index in [0.717, 1.165) is 12.2 Å². The van der Waals surface area contributed by atoms with Crippen molar-refractivity contribution in [3.8, 4) is 23.0 Å². The Bertz CT molecular complexity index is 1030. The van der Waals surface area contributed by atoms with Crippen molar-refractivity contribution >= 4 is 23.4 Å². The number of carbonyl (C=O) groups is 3. The molecule has 36 heavy (non-hydrogen) atoms. The van der Waals surface area contributed by atoms with E-state index in [9.17, 15) is 14.4 Å². The fourth-order valence-corrected chi connectivity index (χ4v) is 3.45. The molecule has 0 unspecified atom stereocenters. The minimum atomic E-state index is -0.657. The zero-order chi connectivity index (χ0) is 26.7. The van der Waals surface area contributed by atoms with Crippen LogP contribution in [-0.2, 0) is 9.59 Å². The van der Waals surface area contributed by atoms with E-state index in [1.807, 2.05) is 6.92 Å². The van der Waals surface area contributed by atoms with Gasteiger partial charge >= 0.3 is 0 Å². The molecule has 2 rings (SSSR count). The zero-order valence-corrected chi connectivity index (χ0v) is 21.7. The Morgan fingerprint density at radius 1 is 0.833 bits per heavy atom. The van der Waals surface area contributed by atoms with Gasteiger partial charge in [-0.1, -0.05) is 20.8 Å². The molecule has 0 radical (unpaired) electrons. The van der Waals surface area contributed by atoms with Crippen LogP contribution in [0.15, 0.2) is 36.4 Å². The van der Waals surface area contributed by atoms with Crippen molar-refractivity contribution in [2.24, 2.45) is 5.41 Å². The summed E-state index contributed by atoms with van der Waals surface area (Å²) in [5, 5.41) is 2.83. The Morgan fingerprint density at radius 3 is 1.94 bits per heavy atom. The topological polar surface area (TPSA) is 124 Å². The summed E-state index contributed by atoms with van der Waals surface area (Å²) in [6, 6.07) is 10.1. The summed E-state index contributed by atoms with van der Waals surface area (Å²) in [5.41, 5.74) is 4.95. The molecule has 0 aliphatic carbocycles. The monoisotopic (exact) mass is 501 g/mol.